The van der Waals surface area contributed by atoms with Gasteiger partial charge in [-0.1, -0.05) is 44.2 Å². The summed E-state index contributed by atoms with van der Waals surface area (Å²) in [5.74, 6) is 2.02. The molecule has 0 heterocycles. The Morgan fingerprint density at radius 2 is 1.14 bits per heavy atom. The molecule has 0 saturated heterocycles. The number of sulfone groups is 1. The molecule has 0 aliphatic carbocycles. The number of aryl methyl sites for hydroxylation is 1. The van der Waals surface area contributed by atoms with Crippen LogP contribution < -0.4 is 9.47 Å². The molecule has 0 saturated carbocycles. The smallest absolute Gasteiger partial charge is 0.208 e. The Morgan fingerprint density at radius 1 is 0.667 bits per heavy atom. The maximum absolute atomic E-state index is 13.2. The standard InChI is InChI=1S/C29H26Br2O4S/c1-19-5-15-27(25(30)17-19)36(32,33)28-16-14-24(18-26(28)31)35-23-12-8-21(9-13-23)29(2,3)20-6-10-22(34-4)11-7-20/h5-18H,1-4H3. The van der Waals surface area contributed by atoms with Gasteiger partial charge in [-0.15, -0.1) is 0 Å². The van der Waals surface area contributed by atoms with Crippen LogP contribution in [0.1, 0.15) is 30.5 Å². The highest BCUT2D eigenvalue weighted by Gasteiger charge is 2.25. The first-order chi connectivity index (χ1) is 17.0. The zero-order valence-corrected chi connectivity index (χ0v) is 24.4. The summed E-state index contributed by atoms with van der Waals surface area (Å²) in [6, 6.07) is 26.1. The SMILES string of the molecule is COc1ccc(C(C)(C)c2ccc(Oc3ccc(S(=O)(=O)c4ccc(C)cc4Br)c(Br)c3)cc2)cc1. The monoisotopic (exact) mass is 628 g/mol. The molecule has 0 aliphatic heterocycles. The van der Waals surface area contributed by atoms with Crippen LogP contribution in [0.5, 0.6) is 17.2 Å². The highest BCUT2D eigenvalue weighted by molar-refractivity contribution is 9.11. The van der Waals surface area contributed by atoms with E-state index >= 15 is 0 Å². The average Bonchev–Trinajstić information content (AvgIpc) is 2.84. The third kappa shape index (κ3) is 5.38. The molecule has 186 valence electrons. The molecule has 4 aromatic rings. The molecule has 0 radical (unpaired) electrons. The van der Waals surface area contributed by atoms with Crippen LogP contribution >= 0.6 is 31.9 Å². The summed E-state index contributed by atoms with van der Waals surface area (Å²) >= 11 is 6.80. The Labute approximate surface area is 229 Å². The maximum Gasteiger partial charge on any atom is 0.208 e. The zero-order chi connectivity index (χ0) is 26.1. The summed E-state index contributed by atoms with van der Waals surface area (Å²) in [6.07, 6.45) is 0. The minimum Gasteiger partial charge on any atom is -0.497 e. The molecule has 0 N–H and O–H groups in total. The summed E-state index contributed by atoms with van der Waals surface area (Å²) in [7, 11) is -2.06. The maximum atomic E-state index is 13.2. The summed E-state index contributed by atoms with van der Waals surface area (Å²) in [5.41, 5.74) is 3.10. The summed E-state index contributed by atoms with van der Waals surface area (Å²) < 4.78 is 38.7. The van der Waals surface area contributed by atoms with E-state index in [2.05, 4.69) is 57.8 Å². The Hall–Kier alpha value is -2.61. The van der Waals surface area contributed by atoms with Crippen molar-refractivity contribution in [3.05, 3.63) is 111 Å². The Balaban J connectivity index is 1.54. The van der Waals surface area contributed by atoms with Gasteiger partial charge in [-0.3, -0.25) is 0 Å². The van der Waals surface area contributed by atoms with Gasteiger partial charge in [0, 0.05) is 14.4 Å². The quantitative estimate of drug-likeness (QED) is 0.206. The lowest BCUT2D eigenvalue weighted by atomic mass is 9.78. The van der Waals surface area contributed by atoms with Gasteiger partial charge in [-0.2, -0.15) is 0 Å². The van der Waals surface area contributed by atoms with Crippen molar-refractivity contribution in [2.75, 3.05) is 7.11 Å². The van der Waals surface area contributed by atoms with Crippen LogP contribution in [0.25, 0.3) is 0 Å². The fraction of sp³-hybridized carbons (Fsp3) is 0.172. The predicted octanol–water partition coefficient (Wildman–Crippen LogP) is 8.48. The molecule has 0 fully saturated rings. The molecule has 4 aromatic carbocycles. The molecule has 0 amide bonds. The average molecular weight is 630 g/mol. The first-order valence-electron chi connectivity index (χ1n) is 11.3. The first-order valence-corrected chi connectivity index (χ1v) is 14.3. The van der Waals surface area contributed by atoms with Gasteiger partial charge in [0.1, 0.15) is 17.2 Å². The van der Waals surface area contributed by atoms with E-state index in [1.54, 1.807) is 43.5 Å². The molecule has 36 heavy (non-hydrogen) atoms. The van der Waals surface area contributed by atoms with E-state index in [1.807, 2.05) is 43.3 Å². The van der Waals surface area contributed by atoms with Gasteiger partial charge in [-0.25, -0.2) is 8.42 Å². The minimum atomic E-state index is -3.72. The van der Waals surface area contributed by atoms with Crippen molar-refractivity contribution in [1.29, 1.82) is 0 Å². The second kappa shape index (κ2) is 10.4. The molecular formula is C29H26Br2O4S. The normalized spacial score (nSPS) is 11.8. The number of hydrogen-bond donors (Lipinski definition) is 0. The Morgan fingerprint density at radius 3 is 1.64 bits per heavy atom. The highest BCUT2D eigenvalue weighted by atomic mass is 79.9. The van der Waals surface area contributed by atoms with Crippen molar-refractivity contribution in [3.63, 3.8) is 0 Å². The fourth-order valence-electron chi connectivity index (χ4n) is 3.96. The van der Waals surface area contributed by atoms with E-state index in [4.69, 9.17) is 9.47 Å². The number of halogens is 2. The van der Waals surface area contributed by atoms with Crippen LogP contribution in [-0.4, -0.2) is 15.5 Å². The first kappa shape index (κ1) is 26.5. The van der Waals surface area contributed by atoms with Crippen LogP contribution in [0, 0.1) is 6.92 Å². The van der Waals surface area contributed by atoms with Crippen molar-refractivity contribution in [1.82, 2.24) is 0 Å². The molecule has 0 aromatic heterocycles. The third-order valence-electron chi connectivity index (χ3n) is 6.19. The molecule has 0 bridgehead atoms. The van der Waals surface area contributed by atoms with Crippen molar-refractivity contribution < 1.29 is 17.9 Å². The fourth-order valence-corrected chi connectivity index (χ4v) is 7.45. The van der Waals surface area contributed by atoms with Crippen molar-refractivity contribution >= 4 is 41.7 Å². The Bertz CT molecular complexity index is 1490. The van der Waals surface area contributed by atoms with Crippen LogP contribution in [0.4, 0.5) is 0 Å². The van der Waals surface area contributed by atoms with E-state index < -0.39 is 9.84 Å². The predicted molar refractivity (Wildman–Crippen MR) is 150 cm³/mol. The van der Waals surface area contributed by atoms with Gasteiger partial charge in [0.05, 0.1) is 16.9 Å². The molecule has 7 heteroatoms. The summed E-state index contributed by atoms with van der Waals surface area (Å²) in [4.78, 5) is 0.397. The lowest BCUT2D eigenvalue weighted by Gasteiger charge is -2.26. The lowest BCUT2D eigenvalue weighted by Crippen LogP contribution is -2.18. The lowest BCUT2D eigenvalue weighted by molar-refractivity contribution is 0.414. The molecule has 0 unspecified atom stereocenters. The van der Waals surface area contributed by atoms with Gasteiger partial charge in [-0.05, 0) is 110 Å². The highest BCUT2D eigenvalue weighted by Crippen LogP contribution is 2.37. The van der Waals surface area contributed by atoms with E-state index in [0.29, 0.717) is 20.4 Å². The van der Waals surface area contributed by atoms with Gasteiger partial charge in [0.2, 0.25) is 9.84 Å². The van der Waals surface area contributed by atoms with Crippen molar-refractivity contribution in [3.8, 4) is 17.2 Å². The molecule has 0 atom stereocenters. The third-order valence-corrected chi connectivity index (χ3v) is 9.90. The number of methoxy groups -OCH3 is 1. The summed E-state index contributed by atoms with van der Waals surface area (Å²) in [5, 5.41) is 0. The van der Waals surface area contributed by atoms with Gasteiger partial charge in [0.25, 0.3) is 0 Å². The number of ether oxygens (including phenoxy) is 2. The molecule has 4 nitrogen and oxygen atoms in total. The van der Waals surface area contributed by atoms with Crippen LogP contribution in [0.3, 0.4) is 0 Å². The second-order valence-corrected chi connectivity index (χ2v) is 12.6. The molecule has 4 rings (SSSR count). The topological polar surface area (TPSA) is 52.6 Å². The Kier molecular flexibility index (Phi) is 7.64. The van der Waals surface area contributed by atoms with Crippen molar-refractivity contribution in [2.24, 2.45) is 0 Å². The van der Waals surface area contributed by atoms with E-state index in [-0.39, 0.29) is 15.2 Å². The zero-order valence-electron chi connectivity index (χ0n) is 20.4. The van der Waals surface area contributed by atoms with Crippen LogP contribution in [0.15, 0.2) is 104 Å². The minimum absolute atomic E-state index is 0.177. The molecular weight excluding hydrogens is 604 g/mol. The van der Waals surface area contributed by atoms with Crippen molar-refractivity contribution in [2.45, 2.75) is 36.0 Å². The van der Waals surface area contributed by atoms with Gasteiger partial charge < -0.3 is 9.47 Å². The van der Waals surface area contributed by atoms with E-state index in [1.165, 1.54) is 5.56 Å². The molecule has 0 spiro atoms. The number of hydrogen-bond acceptors (Lipinski definition) is 4. The van der Waals surface area contributed by atoms with Crippen LogP contribution in [0.2, 0.25) is 0 Å². The van der Waals surface area contributed by atoms with Gasteiger partial charge >= 0.3 is 0 Å². The number of rotatable bonds is 7. The van der Waals surface area contributed by atoms with Gasteiger partial charge in [0.15, 0.2) is 0 Å². The van der Waals surface area contributed by atoms with Crippen LogP contribution in [-0.2, 0) is 15.3 Å². The second-order valence-electron chi connectivity index (χ2n) is 9.01. The van der Waals surface area contributed by atoms with E-state index in [9.17, 15) is 8.42 Å². The number of benzene rings is 4. The largest absolute Gasteiger partial charge is 0.497 e. The molecule has 0 aliphatic rings. The van der Waals surface area contributed by atoms with E-state index in [0.717, 1.165) is 16.9 Å². The summed E-state index contributed by atoms with van der Waals surface area (Å²) in [6.45, 7) is 6.26.